The maximum absolute atomic E-state index is 11.9. The molecular formula is C12H18N4O2S. The van der Waals surface area contributed by atoms with Gasteiger partial charge in [0.1, 0.15) is 0 Å². The lowest BCUT2D eigenvalue weighted by Crippen LogP contribution is -2.26. The second-order valence-corrected chi connectivity index (χ2v) is 6.89. The van der Waals surface area contributed by atoms with Crippen LogP contribution in [-0.4, -0.2) is 21.5 Å². The van der Waals surface area contributed by atoms with Crippen LogP contribution >= 0.6 is 0 Å². The number of sulfonamides is 1. The smallest absolute Gasteiger partial charge is 0.211 e. The van der Waals surface area contributed by atoms with Crippen molar-refractivity contribution >= 4 is 10.0 Å². The Kier molecular flexibility index (Phi) is 4.94. The summed E-state index contributed by atoms with van der Waals surface area (Å²) in [4.78, 5) is 2.77. The van der Waals surface area contributed by atoms with Gasteiger partial charge in [-0.15, -0.1) is 0 Å². The van der Waals surface area contributed by atoms with Gasteiger partial charge in [-0.2, -0.15) is 0 Å². The predicted octanol–water partition coefficient (Wildman–Crippen LogP) is 2.57. The van der Waals surface area contributed by atoms with E-state index >= 15 is 0 Å². The predicted molar refractivity (Wildman–Crippen MR) is 74.3 cm³/mol. The molecule has 0 spiro atoms. The molecule has 1 N–H and O–H groups in total. The third kappa shape index (κ3) is 4.55. The molecule has 0 amide bonds. The number of nitrogens with zero attached hydrogens (tertiary/aromatic N) is 3. The molecule has 1 rings (SSSR count). The lowest BCUT2D eigenvalue weighted by atomic mass is 9.87. The number of azide groups is 1. The van der Waals surface area contributed by atoms with Crippen molar-refractivity contribution in [2.75, 3.05) is 13.1 Å². The van der Waals surface area contributed by atoms with Gasteiger partial charge in [-0.25, -0.2) is 13.1 Å². The van der Waals surface area contributed by atoms with Gasteiger partial charge in [-0.3, -0.25) is 0 Å². The summed E-state index contributed by atoms with van der Waals surface area (Å²) in [5, 5.41) is 3.27. The topological polar surface area (TPSA) is 94.9 Å². The van der Waals surface area contributed by atoms with Crippen LogP contribution in [0.2, 0.25) is 0 Å². The molecule has 0 fully saturated rings. The van der Waals surface area contributed by atoms with E-state index in [9.17, 15) is 8.42 Å². The Morgan fingerprint density at radius 2 is 1.84 bits per heavy atom. The maximum Gasteiger partial charge on any atom is 0.240 e. The van der Waals surface area contributed by atoms with Gasteiger partial charge in [0.25, 0.3) is 0 Å². The summed E-state index contributed by atoms with van der Waals surface area (Å²) >= 11 is 0. The molecule has 0 bridgehead atoms. The minimum atomic E-state index is -3.54. The summed E-state index contributed by atoms with van der Waals surface area (Å²) in [6, 6.07) is 6.77. The van der Waals surface area contributed by atoms with E-state index in [0.29, 0.717) is 0 Å². The van der Waals surface area contributed by atoms with Crippen molar-refractivity contribution in [1.82, 2.24) is 4.72 Å². The molecule has 19 heavy (non-hydrogen) atoms. The first-order valence-electron chi connectivity index (χ1n) is 5.88. The average molecular weight is 282 g/mol. The Labute approximate surface area is 113 Å². The fraction of sp³-hybridized carbons (Fsp3) is 0.500. The van der Waals surface area contributed by atoms with Crippen LogP contribution in [0.25, 0.3) is 10.4 Å². The van der Waals surface area contributed by atoms with Crippen molar-refractivity contribution < 1.29 is 8.42 Å². The van der Waals surface area contributed by atoms with E-state index in [-0.39, 0.29) is 23.4 Å². The summed E-state index contributed by atoms with van der Waals surface area (Å²) in [6.45, 7) is 6.38. The zero-order chi connectivity index (χ0) is 14.5. The molecule has 6 nitrogen and oxygen atoms in total. The van der Waals surface area contributed by atoms with Crippen LogP contribution in [0.4, 0.5) is 0 Å². The molecule has 0 aliphatic rings. The SMILES string of the molecule is CC(C)(C)c1ccc(S(=O)(=O)NCCN=[N+]=[N-])cc1. The van der Waals surface area contributed by atoms with Gasteiger partial charge in [0.2, 0.25) is 10.0 Å². The molecular weight excluding hydrogens is 264 g/mol. The van der Waals surface area contributed by atoms with Crippen LogP contribution in [0, 0.1) is 0 Å². The van der Waals surface area contributed by atoms with Crippen molar-refractivity contribution in [2.24, 2.45) is 5.11 Å². The highest BCUT2D eigenvalue weighted by molar-refractivity contribution is 7.89. The fourth-order valence-corrected chi connectivity index (χ4v) is 2.51. The summed E-state index contributed by atoms with van der Waals surface area (Å²) in [6.07, 6.45) is 0. The van der Waals surface area contributed by atoms with Gasteiger partial charge in [0.05, 0.1) is 4.90 Å². The molecule has 0 unspecified atom stereocenters. The second kappa shape index (κ2) is 6.06. The van der Waals surface area contributed by atoms with E-state index in [0.717, 1.165) is 5.56 Å². The minimum absolute atomic E-state index is 0.0166. The Morgan fingerprint density at radius 1 is 1.26 bits per heavy atom. The molecule has 104 valence electrons. The molecule has 0 saturated carbocycles. The molecule has 0 atom stereocenters. The Bertz CT molecular complexity index is 567. The van der Waals surface area contributed by atoms with Crippen molar-refractivity contribution in [3.8, 4) is 0 Å². The van der Waals surface area contributed by atoms with Crippen molar-refractivity contribution in [3.63, 3.8) is 0 Å². The molecule has 0 aliphatic heterocycles. The van der Waals surface area contributed by atoms with E-state index in [1.165, 1.54) is 0 Å². The van der Waals surface area contributed by atoms with E-state index in [4.69, 9.17) is 5.53 Å². The lowest BCUT2D eigenvalue weighted by Gasteiger charge is -2.19. The summed E-state index contributed by atoms with van der Waals surface area (Å²) in [5.74, 6) is 0. The van der Waals surface area contributed by atoms with E-state index in [1.54, 1.807) is 12.1 Å². The molecule has 0 radical (unpaired) electrons. The van der Waals surface area contributed by atoms with Crippen LogP contribution in [0.3, 0.4) is 0 Å². The van der Waals surface area contributed by atoms with E-state index in [2.05, 4.69) is 35.5 Å². The average Bonchev–Trinajstić information content (AvgIpc) is 2.34. The highest BCUT2D eigenvalue weighted by Gasteiger charge is 2.16. The number of hydrogen-bond acceptors (Lipinski definition) is 3. The van der Waals surface area contributed by atoms with E-state index in [1.807, 2.05) is 12.1 Å². The number of hydrogen-bond donors (Lipinski definition) is 1. The van der Waals surface area contributed by atoms with Gasteiger partial charge in [-0.1, -0.05) is 38.0 Å². The van der Waals surface area contributed by atoms with Crippen LogP contribution in [-0.2, 0) is 15.4 Å². The molecule has 0 aromatic heterocycles. The molecule has 0 aliphatic carbocycles. The first-order chi connectivity index (χ1) is 8.77. The zero-order valence-electron chi connectivity index (χ0n) is 11.3. The zero-order valence-corrected chi connectivity index (χ0v) is 12.1. The second-order valence-electron chi connectivity index (χ2n) is 5.13. The van der Waals surface area contributed by atoms with Crippen LogP contribution in [0.15, 0.2) is 34.3 Å². The molecule has 0 saturated heterocycles. The van der Waals surface area contributed by atoms with Crippen molar-refractivity contribution in [2.45, 2.75) is 31.1 Å². The molecule has 1 aromatic carbocycles. The van der Waals surface area contributed by atoms with Gasteiger partial charge in [-0.05, 0) is 28.6 Å². The molecule has 0 heterocycles. The highest BCUT2D eigenvalue weighted by Crippen LogP contribution is 2.23. The first-order valence-corrected chi connectivity index (χ1v) is 7.37. The Morgan fingerprint density at radius 3 is 2.32 bits per heavy atom. The quantitative estimate of drug-likeness (QED) is 0.389. The van der Waals surface area contributed by atoms with Crippen molar-refractivity contribution in [1.29, 1.82) is 0 Å². The Balaban J connectivity index is 2.82. The van der Waals surface area contributed by atoms with Gasteiger partial charge in [0, 0.05) is 18.0 Å². The summed E-state index contributed by atoms with van der Waals surface area (Å²) in [7, 11) is -3.54. The van der Waals surface area contributed by atoms with Crippen LogP contribution < -0.4 is 4.72 Å². The van der Waals surface area contributed by atoms with E-state index < -0.39 is 10.0 Å². The Hall–Kier alpha value is -1.56. The van der Waals surface area contributed by atoms with Gasteiger partial charge < -0.3 is 0 Å². The fourth-order valence-electron chi connectivity index (χ4n) is 1.49. The van der Waals surface area contributed by atoms with Crippen molar-refractivity contribution in [3.05, 3.63) is 40.3 Å². The summed E-state index contributed by atoms with van der Waals surface area (Å²) < 4.78 is 26.2. The van der Waals surface area contributed by atoms with Gasteiger partial charge in [0.15, 0.2) is 0 Å². The lowest BCUT2D eigenvalue weighted by molar-refractivity contribution is 0.579. The normalized spacial score (nSPS) is 11.9. The third-order valence-electron chi connectivity index (χ3n) is 2.60. The third-order valence-corrected chi connectivity index (χ3v) is 4.07. The molecule has 1 aromatic rings. The van der Waals surface area contributed by atoms with Crippen LogP contribution in [0.5, 0.6) is 0 Å². The van der Waals surface area contributed by atoms with Crippen LogP contribution in [0.1, 0.15) is 26.3 Å². The maximum atomic E-state index is 11.9. The van der Waals surface area contributed by atoms with Gasteiger partial charge >= 0.3 is 0 Å². The number of benzene rings is 1. The monoisotopic (exact) mass is 282 g/mol. The summed E-state index contributed by atoms with van der Waals surface area (Å²) in [5.41, 5.74) is 9.15. The first kappa shape index (κ1) is 15.5. The standard InChI is InChI=1S/C12H18N4O2S/c1-12(2,3)10-4-6-11(7-5-10)19(17,18)15-9-8-14-16-13/h4-7,15H,8-9H2,1-3H3. The minimum Gasteiger partial charge on any atom is -0.211 e. The highest BCUT2D eigenvalue weighted by atomic mass is 32.2. The molecule has 7 heteroatoms. The number of nitrogens with one attached hydrogen (secondary N) is 1. The largest absolute Gasteiger partial charge is 0.240 e. The number of rotatable bonds is 5.